The lowest BCUT2D eigenvalue weighted by Gasteiger charge is -2.15. The van der Waals surface area contributed by atoms with Crippen molar-refractivity contribution in [2.45, 2.75) is 32.6 Å². The number of thiocarbonyl (C=S) groups is 1. The summed E-state index contributed by atoms with van der Waals surface area (Å²) in [6.45, 7) is 6.63. The van der Waals surface area contributed by atoms with Crippen LogP contribution in [-0.2, 0) is 0 Å². The second-order valence-electron chi connectivity index (χ2n) is 7.00. The maximum atomic E-state index is 12.9. The summed E-state index contributed by atoms with van der Waals surface area (Å²) in [6, 6.07) is 12.2. The Morgan fingerprint density at radius 2 is 1.88 bits per heavy atom. The number of nitrogens with one attached hydrogen (secondary N) is 3. The first-order chi connectivity index (χ1) is 15.5. The molecule has 0 aromatic heterocycles. The topological polar surface area (TPSA) is 79.5 Å². The van der Waals surface area contributed by atoms with Crippen molar-refractivity contribution in [2.75, 3.05) is 18.5 Å². The van der Waals surface area contributed by atoms with Gasteiger partial charge in [0.1, 0.15) is 5.75 Å². The van der Waals surface area contributed by atoms with Crippen LogP contribution in [0.2, 0.25) is 0 Å². The molecule has 0 fully saturated rings. The minimum Gasteiger partial charge on any atom is -0.493 e. The summed E-state index contributed by atoms with van der Waals surface area (Å²) in [5.74, 6) is -0.178. The quantitative estimate of drug-likeness (QED) is 0.210. The first-order valence-corrected chi connectivity index (χ1v) is 11.7. The molecular weight excluding hydrogens is 490 g/mol. The molecule has 0 saturated carbocycles. The van der Waals surface area contributed by atoms with Crippen molar-refractivity contribution in [3.8, 4) is 5.75 Å². The van der Waals surface area contributed by atoms with E-state index in [1.54, 1.807) is 42.5 Å². The standard InChI is InChI=1S/C24H28BrN3O3S/c1-3-5-6-9-15-31-21-13-12-17(25)16-19(21)23(30)28-24(32)27-20-11-8-7-10-18(20)22(29)26-14-4-2/h4,7-8,10-13,16H,2-3,5-6,9,14-15H2,1H3,(H,26,29)(H2,27,28,30,32). The maximum Gasteiger partial charge on any atom is 0.261 e. The van der Waals surface area contributed by atoms with Gasteiger partial charge in [-0.1, -0.05) is 60.3 Å². The number of amides is 2. The predicted molar refractivity (Wildman–Crippen MR) is 136 cm³/mol. The summed E-state index contributed by atoms with van der Waals surface area (Å²) in [7, 11) is 0. The maximum absolute atomic E-state index is 12.9. The van der Waals surface area contributed by atoms with Crippen LogP contribution in [0.4, 0.5) is 5.69 Å². The Kier molecular flexibility index (Phi) is 10.9. The fraction of sp³-hybridized carbons (Fsp3) is 0.292. The van der Waals surface area contributed by atoms with Gasteiger partial charge in [0.2, 0.25) is 0 Å². The van der Waals surface area contributed by atoms with E-state index in [-0.39, 0.29) is 11.0 Å². The number of carbonyl (C=O) groups excluding carboxylic acids is 2. The minimum absolute atomic E-state index is 0.0767. The molecule has 32 heavy (non-hydrogen) atoms. The lowest BCUT2D eigenvalue weighted by Crippen LogP contribution is -2.35. The number of carbonyl (C=O) groups is 2. The van der Waals surface area contributed by atoms with Crippen LogP contribution in [0.15, 0.2) is 59.6 Å². The highest BCUT2D eigenvalue weighted by Crippen LogP contribution is 2.24. The van der Waals surface area contributed by atoms with Gasteiger partial charge in [0.15, 0.2) is 5.11 Å². The Morgan fingerprint density at radius 3 is 2.62 bits per heavy atom. The lowest BCUT2D eigenvalue weighted by molar-refractivity contribution is 0.0955. The molecular formula is C24H28BrN3O3S. The lowest BCUT2D eigenvalue weighted by atomic mass is 10.1. The summed E-state index contributed by atoms with van der Waals surface area (Å²) in [5, 5.41) is 8.40. The Labute approximate surface area is 202 Å². The van der Waals surface area contributed by atoms with Crippen molar-refractivity contribution in [3.05, 3.63) is 70.7 Å². The number of rotatable bonds is 11. The number of unbranched alkanes of at least 4 members (excludes halogenated alkanes) is 3. The largest absolute Gasteiger partial charge is 0.493 e. The van der Waals surface area contributed by atoms with Crippen LogP contribution < -0.4 is 20.7 Å². The van der Waals surface area contributed by atoms with E-state index in [1.165, 1.54) is 0 Å². The molecule has 0 aliphatic rings. The monoisotopic (exact) mass is 517 g/mol. The third-order valence-electron chi connectivity index (χ3n) is 4.50. The first kappa shape index (κ1) is 25.5. The molecule has 2 amide bonds. The highest BCUT2D eigenvalue weighted by molar-refractivity contribution is 9.10. The van der Waals surface area contributed by atoms with Crippen molar-refractivity contribution >= 4 is 50.8 Å². The van der Waals surface area contributed by atoms with E-state index in [1.807, 2.05) is 6.07 Å². The molecule has 0 bridgehead atoms. The fourth-order valence-electron chi connectivity index (χ4n) is 2.89. The zero-order chi connectivity index (χ0) is 23.3. The molecule has 2 aromatic carbocycles. The molecule has 0 aliphatic heterocycles. The molecule has 2 aromatic rings. The molecule has 0 atom stereocenters. The number of halogens is 1. The van der Waals surface area contributed by atoms with Crippen LogP contribution in [0.5, 0.6) is 5.75 Å². The van der Waals surface area contributed by atoms with Gasteiger partial charge in [-0.3, -0.25) is 14.9 Å². The first-order valence-electron chi connectivity index (χ1n) is 10.5. The summed E-state index contributed by atoms with van der Waals surface area (Å²) in [5.41, 5.74) is 1.27. The van der Waals surface area contributed by atoms with E-state index in [0.717, 1.165) is 30.2 Å². The van der Waals surface area contributed by atoms with Crippen molar-refractivity contribution in [2.24, 2.45) is 0 Å². The third-order valence-corrected chi connectivity index (χ3v) is 5.19. The highest BCUT2D eigenvalue weighted by atomic mass is 79.9. The molecule has 0 saturated heterocycles. The zero-order valence-corrected chi connectivity index (χ0v) is 20.5. The van der Waals surface area contributed by atoms with Gasteiger partial charge in [-0.2, -0.15) is 0 Å². The van der Waals surface area contributed by atoms with Gasteiger partial charge in [0.25, 0.3) is 11.8 Å². The fourth-order valence-corrected chi connectivity index (χ4v) is 3.45. The summed E-state index contributed by atoms with van der Waals surface area (Å²) < 4.78 is 6.60. The number of ether oxygens (including phenoxy) is 1. The van der Waals surface area contributed by atoms with Crippen molar-refractivity contribution < 1.29 is 14.3 Å². The number of benzene rings is 2. The van der Waals surface area contributed by atoms with Gasteiger partial charge in [0.05, 0.1) is 23.4 Å². The van der Waals surface area contributed by atoms with Gasteiger partial charge in [-0.15, -0.1) is 6.58 Å². The van der Waals surface area contributed by atoms with Gasteiger partial charge in [-0.25, -0.2) is 0 Å². The molecule has 6 nitrogen and oxygen atoms in total. The Morgan fingerprint density at radius 1 is 1.09 bits per heavy atom. The van der Waals surface area contributed by atoms with E-state index in [9.17, 15) is 9.59 Å². The smallest absolute Gasteiger partial charge is 0.261 e. The summed E-state index contributed by atoms with van der Waals surface area (Å²) >= 11 is 8.71. The van der Waals surface area contributed by atoms with Crippen LogP contribution >= 0.6 is 28.1 Å². The van der Waals surface area contributed by atoms with E-state index in [0.29, 0.717) is 35.7 Å². The zero-order valence-electron chi connectivity index (χ0n) is 18.1. The average molecular weight is 518 g/mol. The second-order valence-corrected chi connectivity index (χ2v) is 8.33. The van der Waals surface area contributed by atoms with Crippen LogP contribution in [0.3, 0.4) is 0 Å². The number of para-hydroxylation sites is 1. The Bertz CT molecular complexity index is 965. The highest BCUT2D eigenvalue weighted by Gasteiger charge is 2.16. The Balaban J connectivity index is 2.05. The SMILES string of the molecule is C=CCNC(=O)c1ccccc1NC(=S)NC(=O)c1cc(Br)ccc1OCCCCCC. The number of hydrogen-bond donors (Lipinski definition) is 3. The second kappa shape index (κ2) is 13.6. The molecule has 3 N–H and O–H groups in total. The van der Waals surface area contributed by atoms with Gasteiger partial charge in [-0.05, 0) is 49.0 Å². The molecule has 0 aliphatic carbocycles. The van der Waals surface area contributed by atoms with E-state index in [2.05, 4.69) is 45.4 Å². The van der Waals surface area contributed by atoms with Crippen molar-refractivity contribution in [3.63, 3.8) is 0 Å². The van der Waals surface area contributed by atoms with Gasteiger partial charge >= 0.3 is 0 Å². The molecule has 0 unspecified atom stereocenters. The molecule has 0 heterocycles. The van der Waals surface area contributed by atoms with E-state index < -0.39 is 5.91 Å². The summed E-state index contributed by atoms with van der Waals surface area (Å²) in [6.07, 6.45) is 5.91. The average Bonchev–Trinajstić information content (AvgIpc) is 2.78. The normalized spacial score (nSPS) is 10.2. The predicted octanol–water partition coefficient (Wildman–Crippen LogP) is 5.45. The summed E-state index contributed by atoms with van der Waals surface area (Å²) in [4.78, 5) is 25.2. The van der Waals surface area contributed by atoms with Crippen LogP contribution in [0.1, 0.15) is 53.3 Å². The molecule has 8 heteroatoms. The van der Waals surface area contributed by atoms with E-state index >= 15 is 0 Å². The van der Waals surface area contributed by atoms with Crippen LogP contribution in [0.25, 0.3) is 0 Å². The number of anilines is 1. The van der Waals surface area contributed by atoms with Crippen LogP contribution in [-0.4, -0.2) is 30.1 Å². The third kappa shape index (κ3) is 8.09. The van der Waals surface area contributed by atoms with Crippen LogP contribution in [0, 0.1) is 0 Å². The Hall–Kier alpha value is -2.71. The van der Waals surface area contributed by atoms with Crippen molar-refractivity contribution in [1.82, 2.24) is 10.6 Å². The minimum atomic E-state index is -0.402. The molecule has 0 radical (unpaired) electrons. The van der Waals surface area contributed by atoms with Crippen molar-refractivity contribution in [1.29, 1.82) is 0 Å². The molecule has 170 valence electrons. The molecule has 0 spiro atoms. The van der Waals surface area contributed by atoms with Gasteiger partial charge < -0.3 is 15.4 Å². The number of hydrogen-bond acceptors (Lipinski definition) is 4. The van der Waals surface area contributed by atoms with E-state index in [4.69, 9.17) is 17.0 Å². The molecule has 2 rings (SSSR count). The van der Waals surface area contributed by atoms with Gasteiger partial charge in [0, 0.05) is 11.0 Å².